The quantitative estimate of drug-likeness (QED) is 0.0205. The largest absolute Gasteiger partial charge is 0.472 e. The number of nitrogens with zero attached hydrogens (tertiary/aromatic N) is 1. The fourth-order valence-electron chi connectivity index (χ4n) is 9.44. The lowest BCUT2D eigenvalue weighted by atomic mass is 10.0. The summed E-state index contributed by atoms with van der Waals surface area (Å²) >= 11 is 0. The summed E-state index contributed by atoms with van der Waals surface area (Å²) in [6, 6.07) is -0.878. The third kappa shape index (κ3) is 63.0. The molecular weight excluding hydrogens is 1050 g/mol. The molecule has 9 nitrogen and oxygen atoms in total. The van der Waals surface area contributed by atoms with Gasteiger partial charge in [0.15, 0.2) is 0 Å². The van der Waals surface area contributed by atoms with Crippen molar-refractivity contribution in [3.05, 3.63) is 109 Å². The number of hydrogen-bond donors (Lipinski definition) is 2. The van der Waals surface area contributed by atoms with Crippen LogP contribution in [0.4, 0.5) is 0 Å². The lowest BCUT2D eigenvalue weighted by Gasteiger charge is -2.27. The standard InChI is InChI=1S/C73H129N2O7P/c1-7-10-13-16-19-22-25-27-29-31-33-35-36-37-38-40-42-44-46-48-51-54-57-60-63-66-73(77)82-71(64-61-58-55-52-49-24-21-18-15-12-9-3)70(69-81-83(78,79)80-68-67-75(4,5)6)74-72(76)65-62-59-56-53-50-47-45-43-41-39-34-32-30-28-26-23-20-17-14-11-8-2/h11,14,19-20,22-23,27-30,34,39,43,45,50,53,61,64,70-71H,7-10,12-13,15-18,21,24-26,31-33,35-38,40-42,44,46-49,51-52,54-60,62-63,65-69H2,1-6H3,(H-,74,76,78,79)/p+1/b14-11-,22-19-,23-20-,29-27-,30-28-,39-34-,45-43-,53-50-,64-61+. The number of hydrogen-bond acceptors (Lipinski definition) is 6. The number of amides is 1. The maximum Gasteiger partial charge on any atom is 0.472 e. The maximum absolute atomic E-state index is 13.6. The van der Waals surface area contributed by atoms with Crippen LogP contribution in [0.5, 0.6) is 0 Å². The summed E-state index contributed by atoms with van der Waals surface area (Å²) in [6.07, 6.45) is 85.4. The van der Waals surface area contributed by atoms with Gasteiger partial charge in [0, 0.05) is 12.8 Å². The van der Waals surface area contributed by atoms with Gasteiger partial charge in [-0.1, -0.05) is 272 Å². The Labute approximate surface area is 512 Å². The number of rotatable bonds is 61. The topological polar surface area (TPSA) is 111 Å². The van der Waals surface area contributed by atoms with E-state index in [2.05, 4.69) is 123 Å². The lowest BCUT2D eigenvalue weighted by Crippen LogP contribution is -2.47. The van der Waals surface area contributed by atoms with Crippen molar-refractivity contribution >= 4 is 19.7 Å². The molecule has 0 aromatic carbocycles. The summed E-state index contributed by atoms with van der Waals surface area (Å²) in [6.45, 7) is 6.84. The summed E-state index contributed by atoms with van der Waals surface area (Å²) in [5.41, 5.74) is 0. The van der Waals surface area contributed by atoms with Crippen molar-refractivity contribution in [1.82, 2.24) is 5.32 Å². The van der Waals surface area contributed by atoms with Gasteiger partial charge in [-0.05, 0) is 115 Å². The number of carbonyl (C=O) groups is 2. The van der Waals surface area contributed by atoms with Crippen LogP contribution in [-0.4, -0.2) is 74.3 Å². The Morgan fingerprint density at radius 2 is 0.771 bits per heavy atom. The fourth-order valence-corrected chi connectivity index (χ4v) is 10.2. The van der Waals surface area contributed by atoms with E-state index in [1.54, 1.807) is 0 Å². The smallest absolute Gasteiger partial charge is 0.456 e. The van der Waals surface area contributed by atoms with Crippen LogP contribution in [0.15, 0.2) is 109 Å². The number of esters is 1. The summed E-state index contributed by atoms with van der Waals surface area (Å²) < 4.78 is 30.7. The van der Waals surface area contributed by atoms with E-state index in [0.717, 1.165) is 96.3 Å². The molecule has 0 aromatic rings. The second-order valence-corrected chi connectivity index (χ2v) is 25.4. The van der Waals surface area contributed by atoms with Crippen LogP contribution in [0, 0.1) is 0 Å². The fraction of sp³-hybridized carbons (Fsp3) is 0.726. The molecule has 0 fully saturated rings. The third-order valence-electron chi connectivity index (χ3n) is 14.7. The van der Waals surface area contributed by atoms with Gasteiger partial charge >= 0.3 is 13.8 Å². The van der Waals surface area contributed by atoms with Crippen molar-refractivity contribution in [2.45, 2.75) is 303 Å². The van der Waals surface area contributed by atoms with Crippen LogP contribution < -0.4 is 5.32 Å². The first-order chi connectivity index (χ1) is 40.4. The minimum Gasteiger partial charge on any atom is -0.456 e. The minimum absolute atomic E-state index is 0.0271. The van der Waals surface area contributed by atoms with Gasteiger partial charge in [0.2, 0.25) is 5.91 Å². The highest BCUT2D eigenvalue weighted by atomic mass is 31.2. The molecule has 1 amide bonds. The molecule has 0 aliphatic carbocycles. The van der Waals surface area contributed by atoms with Crippen molar-refractivity contribution in [2.24, 2.45) is 0 Å². The minimum atomic E-state index is -4.47. The number of nitrogens with one attached hydrogen (secondary N) is 1. The Balaban J connectivity index is 5.13. The normalized spacial score (nSPS) is 14.3. The van der Waals surface area contributed by atoms with E-state index in [1.807, 2.05) is 33.3 Å². The van der Waals surface area contributed by atoms with Gasteiger partial charge < -0.3 is 19.4 Å². The molecule has 3 unspecified atom stereocenters. The number of allylic oxidation sites excluding steroid dienone is 17. The average molecular weight is 1180 g/mol. The molecule has 3 atom stereocenters. The zero-order chi connectivity index (χ0) is 60.7. The van der Waals surface area contributed by atoms with Crippen molar-refractivity contribution in [2.75, 3.05) is 40.9 Å². The van der Waals surface area contributed by atoms with E-state index in [0.29, 0.717) is 17.4 Å². The summed E-state index contributed by atoms with van der Waals surface area (Å²) in [5.74, 6) is -0.556. The maximum atomic E-state index is 13.6. The monoisotopic (exact) mass is 1180 g/mol. The second-order valence-electron chi connectivity index (χ2n) is 24.0. The van der Waals surface area contributed by atoms with Crippen LogP contribution >= 0.6 is 7.82 Å². The molecule has 0 aliphatic heterocycles. The van der Waals surface area contributed by atoms with Gasteiger partial charge in [-0.25, -0.2) is 4.57 Å². The Kier molecular flexibility index (Phi) is 59.3. The predicted molar refractivity (Wildman–Crippen MR) is 360 cm³/mol. The molecule has 0 spiro atoms. The van der Waals surface area contributed by atoms with Crippen molar-refractivity contribution < 1.29 is 37.3 Å². The Bertz CT molecular complexity index is 1790. The number of phosphoric ester groups is 1. The van der Waals surface area contributed by atoms with Crippen LogP contribution in [0.1, 0.15) is 290 Å². The van der Waals surface area contributed by atoms with E-state index in [-0.39, 0.29) is 37.9 Å². The zero-order valence-electron chi connectivity index (χ0n) is 54.7. The van der Waals surface area contributed by atoms with E-state index >= 15 is 0 Å². The van der Waals surface area contributed by atoms with Gasteiger partial charge in [0.25, 0.3) is 0 Å². The summed E-state index contributed by atoms with van der Waals surface area (Å²) in [4.78, 5) is 37.8. The zero-order valence-corrected chi connectivity index (χ0v) is 55.6. The summed E-state index contributed by atoms with van der Waals surface area (Å²) in [7, 11) is 1.46. The molecule has 478 valence electrons. The molecule has 0 rings (SSSR count). The molecule has 0 bridgehead atoms. The number of quaternary nitrogens is 1. The van der Waals surface area contributed by atoms with Gasteiger partial charge in [0.1, 0.15) is 19.3 Å². The van der Waals surface area contributed by atoms with Crippen LogP contribution in [0.2, 0.25) is 0 Å². The van der Waals surface area contributed by atoms with Gasteiger partial charge in [-0.3, -0.25) is 18.6 Å². The Morgan fingerprint density at radius 3 is 1.19 bits per heavy atom. The molecule has 0 aromatic heterocycles. The Hall–Kier alpha value is -3.33. The molecule has 2 N–H and O–H groups in total. The van der Waals surface area contributed by atoms with Crippen molar-refractivity contribution in [1.29, 1.82) is 0 Å². The number of phosphoric acid groups is 1. The first kappa shape index (κ1) is 79.7. The predicted octanol–water partition coefficient (Wildman–Crippen LogP) is 21.7. The molecular formula is C73H130N2O7P+. The van der Waals surface area contributed by atoms with Crippen molar-refractivity contribution in [3.8, 4) is 0 Å². The van der Waals surface area contributed by atoms with Crippen LogP contribution in [0.25, 0.3) is 0 Å². The van der Waals surface area contributed by atoms with E-state index < -0.39 is 20.0 Å². The highest BCUT2D eigenvalue weighted by Crippen LogP contribution is 2.43. The first-order valence-electron chi connectivity index (χ1n) is 34.2. The van der Waals surface area contributed by atoms with E-state index in [4.69, 9.17) is 13.8 Å². The SMILES string of the molecule is CC/C=C\C/C=C\C/C=C\C/C=C\C/C=C\C/C=C\CCCCC(=O)NC(COP(=O)(O)OCC[N+](C)(C)C)C(/C=C/CCCCCCCCCCC)OC(=O)CCCCCCCCCCCCCCCCC/C=C\C/C=C\CCCCC. The first-order valence-corrected chi connectivity index (χ1v) is 35.7. The van der Waals surface area contributed by atoms with Gasteiger partial charge in [0.05, 0.1) is 33.8 Å². The molecule has 0 heterocycles. The number of unbranched alkanes of at least 4 members (excludes halogenated alkanes) is 29. The van der Waals surface area contributed by atoms with Crippen LogP contribution in [-0.2, 0) is 27.9 Å². The molecule has 10 heteroatoms. The van der Waals surface area contributed by atoms with Crippen molar-refractivity contribution in [3.63, 3.8) is 0 Å². The molecule has 0 saturated heterocycles. The molecule has 0 aliphatic rings. The molecule has 83 heavy (non-hydrogen) atoms. The number of ether oxygens (including phenoxy) is 1. The van der Waals surface area contributed by atoms with Gasteiger partial charge in [-0.15, -0.1) is 0 Å². The number of likely N-dealkylation sites (N-methyl/N-ethyl adjacent to an activating group) is 1. The van der Waals surface area contributed by atoms with Crippen LogP contribution in [0.3, 0.4) is 0 Å². The Morgan fingerprint density at radius 1 is 0.434 bits per heavy atom. The lowest BCUT2D eigenvalue weighted by molar-refractivity contribution is -0.870. The van der Waals surface area contributed by atoms with E-state index in [1.165, 1.54) is 154 Å². The highest BCUT2D eigenvalue weighted by Gasteiger charge is 2.30. The summed E-state index contributed by atoms with van der Waals surface area (Å²) in [5, 5.41) is 3.04. The average Bonchev–Trinajstić information content (AvgIpc) is 3.51. The molecule has 0 saturated carbocycles. The highest BCUT2D eigenvalue weighted by molar-refractivity contribution is 7.47. The molecule has 0 radical (unpaired) electrons. The van der Waals surface area contributed by atoms with Gasteiger partial charge in [-0.2, -0.15) is 0 Å². The number of carbonyl (C=O) groups excluding carboxylic acids is 2. The van der Waals surface area contributed by atoms with E-state index in [9.17, 15) is 19.0 Å². The third-order valence-corrected chi connectivity index (χ3v) is 15.7. The second kappa shape index (κ2) is 61.7.